The van der Waals surface area contributed by atoms with E-state index >= 15 is 0 Å². The molecule has 0 bridgehead atoms. The molecule has 1 fully saturated rings. The zero-order valence-electron chi connectivity index (χ0n) is 17.2. The standard InChI is InChI=1S/C26H23FN2O2/c1-31-20-12-8-16(9-13-20)18-14-23-25(24(30)15-18)26(17-6-10-19(27)11-7-17)29-22-5-3-2-4-21(22)28-23/h2-13,18,25-26,29H,14-15H2,1H3/t18-,25?,26-/m1/s1. The summed E-state index contributed by atoms with van der Waals surface area (Å²) in [4.78, 5) is 18.4. The van der Waals surface area contributed by atoms with Crippen LogP contribution in [0.15, 0.2) is 77.8 Å². The van der Waals surface area contributed by atoms with Crippen LogP contribution in [0.2, 0.25) is 0 Å². The molecule has 1 N–H and O–H groups in total. The van der Waals surface area contributed by atoms with E-state index < -0.39 is 0 Å². The number of hydrogen-bond acceptors (Lipinski definition) is 4. The summed E-state index contributed by atoms with van der Waals surface area (Å²) >= 11 is 0. The first-order valence-electron chi connectivity index (χ1n) is 10.5. The van der Waals surface area contributed by atoms with Gasteiger partial charge < -0.3 is 10.1 Å². The number of nitrogens with zero attached hydrogens (tertiary/aromatic N) is 1. The van der Waals surface area contributed by atoms with Gasteiger partial charge in [0, 0.05) is 12.1 Å². The van der Waals surface area contributed by atoms with Gasteiger partial charge in [0.05, 0.1) is 30.4 Å². The number of para-hydroxylation sites is 2. The topological polar surface area (TPSA) is 50.7 Å². The van der Waals surface area contributed by atoms with Crippen molar-refractivity contribution in [2.75, 3.05) is 12.4 Å². The van der Waals surface area contributed by atoms with Crippen molar-refractivity contribution in [1.29, 1.82) is 0 Å². The van der Waals surface area contributed by atoms with E-state index in [0.717, 1.165) is 34.0 Å². The summed E-state index contributed by atoms with van der Waals surface area (Å²) in [5.74, 6) is 0.353. The molecule has 3 aromatic carbocycles. The minimum absolute atomic E-state index is 0.0764. The van der Waals surface area contributed by atoms with Crippen LogP contribution in [0.3, 0.4) is 0 Å². The SMILES string of the molecule is COc1ccc([C@H]2CC(=O)C3C(=Nc4ccccc4N[C@@H]3c3ccc(F)cc3)C2)cc1. The molecule has 3 aromatic rings. The molecule has 0 amide bonds. The number of rotatable bonds is 3. The maximum atomic E-state index is 13.6. The highest BCUT2D eigenvalue weighted by molar-refractivity contribution is 6.10. The summed E-state index contributed by atoms with van der Waals surface area (Å²) in [6, 6.07) is 21.8. The zero-order valence-corrected chi connectivity index (χ0v) is 17.2. The Balaban J connectivity index is 1.55. The first kappa shape index (κ1) is 19.5. The van der Waals surface area contributed by atoms with Crippen LogP contribution in [0.5, 0.6) is 5.75 Å². The maximum absolute atomic E-state index is 13.6. The van der Waals surface area contributed by atoms with Crippen LogP contribution in [0.25, 0.3) is 0 Å². The van der Waals surface area contributed by atoms with E-state index in [1.807, 2.05) is 48.5 Å². The monoisotopic (exact) mass is 414 g/mol. The van der Waals surface area contributed by atoms with Crippen molar-refractivity contribution in [3.63, 3.8) is 0 Å². The fraction of sp³-hybridized carbons (Fsp3) is 0.231. The van der Waals surface area contributed by atoms with Crippen molar-refractivity contribution in [3.05, 3.63) is 89.7 Å². The van der Waals surface area contributed by atoms with E-state index in [1.165, 1.54) is 12.1 Å². The van der Waals surface area contributed by atoms with Gasteiger partial charge in [-0.15, -0.1) is 0 Å². The Kier molecular flexibility index (Phi) is 5.02. The number of methoxy groups -OCH3 is 1. The van der Waals surface area contributed by atoms with Gasteiger partial charge in [0.25, 0.3) is 0 Å². The lowest BCUT2D eigenvalue weighted by molar-refractivity contribution is -0.122. The van der Waals surface area contributed by atoms with Crippen LogP contribution in [-0.2, 0) is 4.79 Å². The normalized spacial score (nSPS) is 22.5. The first-order valence-corrected chi connectivity index (χ1v) is 10.5. The average Bonchev–Trinajstić information content (AvgIpc) is 2.96. The number of ether oxygens (including phenoxy) is 1. The van der Waals surface area contributed by atoms with Gasteiger partial charge in [-0.25, -0.2) is 4.39 Å². The highest BCUT2D eigenvalue weighted by Gasteiger charge is 2.41. The van der Waals surface area contributed by atoms with Crippen LogP contribution in [-0.4, -0.2) is 18.6 Å². The van der Waals surface area contributed by atoms with Crippen molar-refractivity contribution < 1.29 is 13.9 Å². The van der Waals surface area contributed by atoms with E-state index in [0.29, 0.717) is 12.8 Å². The molecule has 2 aliphatic rings. The van der Waals surface area contributed by atoms with Gasteiger partial charge in [-0.1, -0.05) is 36.4 Å². The van der Waals surface area contributed by atoms with Gasteiger partial charge in [-0.2, -0.15) is 0 Å². The molecule has 1 unspecified atom stereocenters. The Morgan fingerprint density at radius 3 is 2.39 bits per heavy atom. The molecule has 0 spiro atoms. The number of nitrogens with one attached hydrogen (secondary N) is 1. The van der Waals surface area contributed by atoms with Crippen molar-refractivity contribution in [1.82, 2.24) is 0 Å². The third-order valence-electron chi connectivity index (χ3n) is 6.24. The molecular formula is C26H23FN2O2. The lowest BCUT2D eigenvalue weighted by Crippen LogP contribution is -2.38. The van der Waals surface area contributed by atoms with Crippen LogP contribution in [0.1, 0.15) is 35.9 Å². The second-order valence-electron chi connectivity index (χ2n) is 8.12. The molecule has 1 saturated carbocycles. The quantitative estimate of drug-likeness (QED) is 0.586. The van der Waals surface area contributed by atoms with Crippen LogP contribution >= 0.6 is 0 Å². The second kappa shape index (κ2) is 7.99. The second-order valence-corrected chi connectivity index (χ2v) is 8.12. The smallest absolute Gasteiger partial charge is 0.144 e. The summed E-state index contributed by atoms with van der Waals surface area (Å²) in [5.41, 5.74) is 4.58. The Hall–Kier alpha value is -3.47. The number of hydrogen-bond donors (Lipinski definition) is 1. The zero-order chi connectivity index (χ0) is 21.4. The van der Waals surface area contributed by atoms with Gasteiger partial charge >= 0.3 is 0 Å². The summed E-state index contributed by atoms with van der Waals surface area (Å²) in [6.07, 6.45) is 1.15. The molecule has 0 radical (unpaired) electrons. The molecule has 3 atom stereocenters. The summed E-state index contributed by atoms with van der Waals surface area (Å²) in [5, 5.41) is 3.52. The number of halogens is 1. The van der Waals surface area contributed by atoms with Gasteiger partial charge in [-0.3, -0.25) is 9.79 Å². The van der Waals surface area contributed by atoms with Crippen LogP contribution in [0, 0.1) is 11.7 Å². The Morgan fingerprint density at radius 1 is 0.935 bits per heavy atom. The van der Waals surface area contributed by atoms with Crippen molar-refractivity contribution in [2.45, 2.75) is 24.8 Å². The van der Waals surface area contributed by atoms with Gasteiger partial charge in [0.2, 0.25) is 0 Å². The molecule has 5 rings (SSSR count). The van der Waals surface area contributed by atoms with Crippen molar-refractivity contribution >= 4 is 22.9 Å². The van der Waals surface area contributed by atoms with Crippen LogP contribution < -0.4 is 10.1 Å². The minimum atomic E-state index is -0.382. The molecule has 1 heterocycles. The highest BCUT2D eigenvalue weighted by Crippen LogP contribution is 2.44. The number of ketones is 1. The maximum Gasteiger partial charge on any atom is 0.144 e. The third kappa shape index (κ3) is 3.72. The van der Waals surface area contributed by atoms with E-state index in [9.17, 15) is 9.18 Å². The third-order valence-corrected chi connectivity index (χ3v) is 6.24. The number of fused-ring (bicyclic) bond motifs is 2. The van der Waals surface area contributed by atoms with Crippen LogP contribution in [0.4, 0.5) is 15.8 Å². The summed E-state index contributed by atoms with van der Waals surface area (Å²) < 4.78 is 18.8. The molecule has 0 aromatic heterocycles. The number of anilines is 1. The predicted molar refractivity (Wildman–Crippen MR) is 120 cm³/mol. The summed E-state index contributed by atoms with van der Waals surface area (Å²) in [6.45, 7) is 0. The fourth-order valence-corrected chi connectivity index (χ4v) is 4.66. The molecule has 1 aliphatic heterocycles. The number of aliphatic imine (C=N–C) groups is 1. The average molecular weight is 414 g/mol. The summed E-state index contributed by atoms with van der Waals surface area (Å²) in [7, 11) is 1.64. The molecule has 4 nitrogen and oxygen atoms in total. The fourth-order valence-electron chi connectivity index (χ4n) is 4.66. The Morgan fingerprint density at radius 2 is 1.65 bits per heavy atom. The molecule has 31 heavy (non-hydrogen) atoms. The molecule has 5 heteroatoms. The van der Waals surface area contributed by atoms with E-state index in [4.69, 9.17) is 9.73 Å². The van der Waals surface area contributed by atoms with E-state index in [2.05, 4.69) is 5.32 Å². The number of Topliss-reactive ketones (excluding diaryl/α,β-unsaturated/α-hetero) is 1. The van der Waals surface area contributed by atoms with Gasteiger partial charge in [-0.05, 0) is 59.9 Å². The predicted octanol–water partition coefficient (Wildman–Crippen LogP) is 5.84. The number of carbonyl (C=O) groups excluding carboxylic acids is 1. The van der Waals surface area contributed by atoms with Crippen molar-refractivity contribution in [3.8, 4) is 5.75 Å². The minimum Gasteiger partial charge on any atom is -0.497 e. The Bertz CT molecular complexity index is 1140. The highest BCUT2D eigenvalue weighted by atomic mass is 19.1. The van der Waals surface area contributed by atoms with Crippen molar-refractivity contribution in [2.24, 2.45) is 10.9 Å². The number of carbonyl (C=O) groups is 1. The van der Waals surface area contributed by atoms with Gasteiger partial charge in [0.1, 0.15) is 17.3 Å². The molecular weight excluding hydrogens is 391 g/mol. The molecule has 1 aliphatic carbocycles. The largest absolute Gasteiger partial charge is 0.497 e. The molecule has 0 saturated heterocycles. The van der Waals surface area contributed by atoms with Gasteiger partial charge in [0.15, 0.2) is 0 Å². The van der Waals surface area contributed by atoms with E-state index in [1.54, 1.807) is 19.2 Å². The number of benzene rings is 3. The lowest BCUT2D eigenvalue weighted by atomic mass is 9.72. The Labute approximate surface area is 180 Å². The first-order chi connectivity index (χ1) is 15.1. The lowest BCUT2D eigenvalue weighted by Gasteiger charge is -2.34. The van der Waals surface area contributed by atoms with E-state index in [-0.39, 0.29) is 29.5 Å². The molecule has 156 valence electrons.